The van der Waals surface area contributed by atoms with Crippen molar-refractivity contribution in [2.24, 2.45) is 4.99 Å². The number of nitrogens with zero attached hydrogens (tertiary/aromatic N) is 4. The largest absolute Gasteiger partial charge is 0.444 e. The molecule has 0 aromatic heterocycles. The normalized spacial score (nSPS) is 24.6. The Labute approximate surface area is 193 Å². The maximum Gasteiger partial charge on any atom is 0.410 e. The van der Waals surface area contributed by atoms with Crippen molar-refractivity contribution in [2.75, 3.05) is 59.9 Å². The average Bonchev–Trinajstić information content (AvgIpc) is 2.61. The molecule has 0 aliphatic carbocycles. The van der Waals surface area contributed by atoms with E-state index in [4.69, 9.17) is 9.73 Å². The van der Waals surface area contributed by atoms with Gasteiger partial charge in [-0.25, -0.2) is 4.79 Å². The molecule has 2 unspecified atom stereocenters. The van der Waals surface area contributed by atoms with Crippen LogP contribution >= 0.6 is 24.0 Å². The molecule has 2 heterocycles. The predicted molar refractivity (Wildman–Crippen MR) is 129 cm³/mol. The molecule has 0 radical (unpaired) electrons. The van der Waals surface area contributed by atoms with Gasteiger partial charge in [0.2, 0.25) is 0 Å². The van der Waals surface area contributed by atoms with Crippen LogP contribution in [0.1, 0.15) is 40.5 Å². The number of carbonyl (C=O) groups is 1. The molecular formula is C20H41IN6O2. The summed E-state index contributed by atoms with van der Waals surface area (Å²) in [7, 11) is 4.34. The Morgan fingerprint density at radius 1 is 1.17 bits per heavy atom. The lowest BCUT2D eigenvalue weighted by Gasteiger charge is -2.37. The number of halogens is 1. The van der Waals surface area contributed by atoms with Crippen molar-refractivity contribution < 1.29 is 9.53 Å². The van der Waals surface area contributed by atoms with Crippen LogP contribution in [-0.4, -0.2) is 104 Å². The number of hydrogen-bond acceptors (Lipinski definition) is 5. The van der Waals surface area contributed by atoms with Gasteiger partial charge < -0.3 is 25.2 Å². The van der Waals surface area contributed by atoms with Crippen LogP contribution in [0.4, 0.5) is 4.79 Å². The highest BCUT2D eigenvalue weighted by atomic mass is 127. The molecule has 2 N–H and O–H groups in total. The zero-order valence-electron chi connectivity index (χ0n) is 19.0. The van der Waals surface area contributed by atoms with E-state index in [0.717, 1.165) is 58.1 Å². The molecule has 1 amide bonds. The van der Waals surface area contributed by atoms with Crippen LogP contribution in [0, 0.1) is 0 Å². The lowest BCUT2D eigenvalue weighted by molar-refractivity contribution is 0.0193. The fraction of sp³-hybridized carbons (Fsp3) is 0.900. The first-order chi connectivity index (χ1) is 13.2. The van der Waals surface area contributed by atoms with Crippen molar-refractivity contribution in [1.82, 2.24) is 25.3 Å². The van der Waals surface area contributed by atoms with Gasteiger partial charge in [-0.1, -0.05) is 0 Å². The molecule has 2 rings (SSSR count). The summed E-state index contributed by atoms with van der Waals surface area (Å²) in [5.41, 5.74) is -0.465. The van der Waals surface area contributed by atoms with Gasteiger partial charge in [-0.15, -0.1) is 24.0 Å². The van der Waals surface area contributed by atoms with E-state index in [1.165, 1.54) is 0 Å². The molecule has 2 aliphatic rings. The minimum Gasteiger partial charge on any atom is -0.444 e. The number of guanidine groups is 1. The first-order valence-electron chi connectivity index (χ1n) is 10.6. The number of likely N-dealkylation sites (N-methyl/N-ethyl adjacent to an activating group) is 2. The first kappa shape index (κ1) is 26.2. The molecular weight excluding hydrogens is 483 g/mol. The Balaban J connectivity index is 0.00000420. The van der Waals surface area contributed by atoms with E-state index in [1.54, 1.807) is 4.90 Å². The summed E-state index contributed by atoms with van der Waals surface area (Å²) >= 11 is 0. The molecule has 0 aromatic rings. The summed E-state index contributed by atoms with van der Waals surface area (Å²) in [6.07, 6.45) is 1.76. The molecule has 2 aliphatic heterocycles. The standard InChI is InChI=1S/C20H40N6O2.HI/c1-7-21-18(22-13-17-15-24(5)11-12-25(17)6)23-16-9-8-10-26(14-16)19(27)28-20(2,3)4;/h16-17H,7-15H2,1-6H3,(H2,21,22,23);1H. The van der Waals surface area contributed by atoms with E-state index in [2.05, 4.69) is 41.5 Å². The fourth-order valence-electron chi connectivity index (χ4n) is 3.60. The topological polar surface area (TPSA) is 72.4 Å². The smallest absolute Gasteiger partial charge is 0.410 e. The maximum absolute atomic E-state index is 12.4. The van der Waals surface area contributed by atoms with Gasteiger partial charge in [-0.05, 0) is 54.6 Å². The molecule has 2 saturated heterocycles. The summed E-state index contributed by atoms with van der Waals surface area (Å²) < 4.78 is 5.53. The molecule has 0 saturated carbocycles. The average molecular weight is 524 g/mol. The van der Waals surface area contributed by atoms with Crippen LogP contribution in [0.3, 0.4) is 0 Å². The molecule has 0 bridgehead atoms. The van der Waals surface area contributed by atoms with Crippen molar-refractivity contribution in [3.63, 3.8) is 0 Å². The highest BCUT2D eigenvalue weighted by Crippen LogP contribution is 2.15. The lowest BCUT2D eigenvalue weighted by atomic mass is 10.1. The van der Waals surface area contributed by atoms with Crippen LogP contribution in [0.5, 0.6) is 0 Å². The van der Waals surface area contributed by atoms with Crippen molar-refractivity contribution in [2.45, 2.75) is 58.2 Å². The maximum atomic E-state index is 12.4. The number of ether oxygens (including phenoxy) is 1. The number of nitrogens with one attached hydrogen (secondary N) is 2. The van der Waals surface area contributed by atoms with Gasteiger partial charge in [-0.2, -0.15) is 0 Å². The second-order valence-corrected chi connectivity index (χ2v) is 9.03. The van der Waals surface area contributed by atoms with E-state index in [0.29, 0.717) is 12.6 Å². The number of aliphatic imine (C=N–C) groups is 1. The van der Waals surface area contributed by atoms with Crippen LogP contribution in [0.2, 0.25) is 0 Å². The first-order valence-corrected chi connectivity index (χ1v) is 10.6. The van der Waals surface area contributed by atoms with Gasteiger partial charge in [0, 0.05) is 51.4 Å². The van der Waals surface area contributed by atoms with Gasteiger partial charge in [0.25, 0.3) is 0 Å². The van der Waals surface area contributed by atoms with Gasteiger partial charge in [0.1, 0.15) is 5.60 Å². The summed E-state index contributed by atoms with van der Waals surface area (Å²) in [5, 5.41) is 6.88. The second kappa shape index (κ2) is 12.1. The van der Waals surface area contributed by atoms with E-state index in [9.17, 15) is 4.79 Å². The number of likely N-dealkylation sites (tertiary alicyclic amines) is 1. The van der Waals surface area contributed by atoms with Crippen molar-refractivity contribution >= 4 is 36.0 Å². The van der Waals surface area contributed by atoms with Gasteiger partial charge in [0.05, 0.1) is 6.54 Å². The number of rotatable bonds is 4. The summed E-state index contributed by atoms with van der Waals surface area (Å²) in [4.78, 5) is 23.8. The van der Waals surface area contributed by atoms with Crippen LogP contribution in [0.25, 0.3) is 0 Å². The van der Waals surface area contributed by atoms with E-state index >= 15 is 0 Å². The Morgan fingerprint density at radius 3 is 2.55 bits per heavy atom. The number of piperidine rings is 1. The number of carbonyl (C=O) groups excluding carboxylic acids is 1. The Hall–Kier alpha value is -0.810. The van der Waals surface area contributed by atoms with Crippen LogP contribution in [0.15, 0.2) is 4.99 Å². The quantitative estimate of drug-likeness (QED) is 0.332. The summed E-state index contributed by atoms with van der Waals surface area (Å²) in [6.45, 7) is 14.0. The van der Waals surface area contributed by atoms with Gasteiger partial charge in [0.15, 0.2) is 5.96 Å². The van der Waals surface area contributed by atoms with Crippen molar-refractivity contribution in [3.05, 3.63) is 0 Å². The molecule has 9 heteroatoms. The third kappa shape index (κ3) is 9.25. The monoisotopic (exact) mass is 524 g/mol. The Morgan fingerprint density at radius 2 is 1.90 bits per heavy atom. The number of amides is 1. The van der Waals surface area contributed by atoms with E-state index in [1.807, 2.05) is 20.8 Å². The fourth-order valence-corrected chi connectivity index (χ4v) is 3.60. The highest BCUT2D eigenvalue weighted by Gasteiger charge is 2.28. The molecule has 0 aromatic carbocycles. The van der Waals surface area contributed by atoms with E-state index in [-0.39, 0.29) is 36.1 Å². The molecule has 170 valence electrons. The van der Waals surface area contributed by atoms with Gasteiger partial charge in [-0.3, -0.25) is 9.89 Å². The lowest BCUT2D eigenvalue weighted by Crippen LogP contribution is -2.54. The third-order valence-electron chi connectivity index (χ3n) is 5.20. The number of piperazine rings is 1. The molecule has 2 atom stereocenters. The second-order valence-electron chi connectivity index (χ2n) is 9.03. The van der Waals surface area contributed by atoms with Crippen molar-refractivity contribution in [3.8, 4) is 0 Å². The molecule has 0 spiro atoms. The molecule has 29 heavy (non-hydrogen) atoms. The number of hydrogen-bond donors (Lipinski definition) is 2. The minimum absolute atomic E-state index is 0. The van der Waals surface area contributed by atoms with Crippen molar-refractivity contribution in [1.29, 1.82) is 0 Å². The summed E-state index contributed by atoms with van der Waals surface area (Å²) in [5.74, 6) is 0.833. The van der Waals surface area contributed by atoms with Gasteiger partial charge >= 0.3 is 6.09 Å². The Kier molecular flexibility index (Phi) is 11.0. The Bertz CT molecular complexity index is 540. The van der Waals surface area contributed by atoms with Crippen LogP contribution in [-0.2, 0) is 4.74 Å². The molecule has 8 nitrogen and oxygen atoms in total. The van der Waals surface area contributed by atoms with Crippen LogP contribution < -0.4 is 10.6 Å². The minimum atomic E-state index is -0.465. The third-order valence-corrected chi connectivity index (χ3v) is 5.20. The zero-order valence-corrected chi connectivity index (χ0v) is 21.4. The highest BCUT2D eigenvalue weighted by molar-refractivity contribution is 14.0. The SMILES string of the molecule is CCNC(=NCC1CN(C)CCN1C)NC1CCCN(C(=O)OC(C)(C)C)C1.I. The predicted octanol–water partition coefficient (Wildman–Crippen LogP) is 1.80. The van der Waals surface area contributed by atoms with E-state index < -0.39 is 5.60 Å². The summed E-state index contributed by atoms with van der Waals surface area (Å²) in [6, 6.07) is 0.615. The zero-order chi connectivity index (χ0) is 20.7. The molecule has 2 fully saturated rings.